The number of hydrogen-bond donors (Lipinski definition) is 0. The van der Waals surface area contributed by atoms with Crippen LogP contribution in [0.15, 0.2) is 78.9 Å². The Morgan fingerprint density at radius 3 is 1.90 bits per heavy atom. The van der Waals surface area contributed by atoms with Crippen LogP contribution in [0.2, 0.25) is 0 Å². The summed E-state index contributed by atoms with van der Waals surface area (Å²) in [5, 5.41) is 0. The summed E-state index contributed by atoms with van der Waals surface area (Å²) in [4.78, 5) is 2.71. The molecule has 2 nitrogen and oxygen atoms in total. The molecule has 0 aliphatic carbocycles. The highest BCUT2D eigenvalue weighted by atomic mass is 16.5. The fourth-order valence-corrected chi connectivity index (χ4v) is 5.92. The van der Waals surface area contributed by atoms with Crippen LogP contribution in [0.5, 0.6) is 0 Å². The second kappa shape index (κ2) is 8.98. The highest BCUT2D eigenvalue weighted by Gasteiger charge is 2.47. The fraction of sp³-hybridized carbons (Fsp3) is 0.379. The molecule has 0 N–H and O–H groups in total. The molecule has 0 aromatic heterocycles. The average Bonchev–Trinajstić information content (AvgIpc) is 2.80. The smallest absolute Gasteiger partial charge is 0.0773 e. The van der Waals surface area contributed by atoms with Crippen molar-refractivity contribution in [2.24, 2.45) is 5.92 Å². The molecule has 3 heterocycles. The Kier molecular flexibility index (Phi) is 5.93. The maximum Gasteiger partial charge on any atom is 0.0773 e. The lowest BCUT2D eigenvalue weighted by Gasteiger charge is -2.53. The van der Waals surface area contributed by atoms with Crippen molar-refractivity contribution >= 4 is 0 Å². The van der Waals surface area contributed by atoms with Crippen LogP contribution in [0.25, 0.3) is 0 Å². The lowest BCUT2D eigenvalue weighted by atomic mass is 9.72. The van der Waals surface area contributed by atoms with E-state index in [0.717, 1.165) is 0 Å². The lowest BCUT2D eigenvalue weighted by molar-refractivity contribution is -0.120. The number of rotatable bonds is 6. The molecule has 0 amide bonds. The number of aryl methyl sites for hydroxylation is 2. The quantitative estimate of drug-likeness (QED) is 0.485. The third-order valence-electron chi connectivity index (χ3n) is 7.18. The van der Waals surface area contributed by atoms with Gasteiger partial charge in [0.25, 0.3) is 0 Å². The third-order valence-corrected chi connectivity index (χ3v) is 7.18. The molecule has 0 spiro atoms. The van der Waals surface area contributed by atoms with Gasteiger partial charge in [-0.2, -0.15) is 0 Å². The molecule has 0 saturated carbocycles. The van der Waals surface area contributed by atoms with Crippen molar-refractivity contribution in [2.45, 2.75) is 51.4 Å². The molecule has 2 bridgehead atoms. The Labute approximate surface area is 186 Å². The van der Waals surface area contributed by atoms with E-state index in [4.69, 9.17) is 4.74 Å². The van der Waals surface area contributed by atoms with E-state index in [1.54, 1.807) is 0 Å². The topological polar surface area (TPSA) is 12.5 Å². The van der Waals surface area contributed by atoms with Gasteiger partial charge >= 0.3 is 0 Å². The molecule has 3 saturated heterocycles. The van der Waals surface area contributed by atoms with Crippen LogP contribution in [0.1, 0.15) is 46.6 Å². The summed E-state index contributed by atoms with van der Waals surface area (Å²) in [5.74, 6) is 0.977. The minimum absolute atomic E-state index is 0.258. The van der Waals surface area contributed by atoms with Crippen LogP contribution in [0.3, 0.4) is 0 Å². The zero-order chi connectivity index (χ0) is 21.2. The van der Waals surface area contributed by atoms with Crippen LogP contribution in [-0.4, -0.2) is 30.1 Å². The molecule has 0 radical (unpaired) electrons. The fourth-order valence-electron chi connectivity index (χ4n) is 5.92. The predicted molar refractivity (Wildman–Crippen MR) is 127 cm³/mol. The lowest BCUT2D eigenvalue weighted by Crippen LogP contribution is -2.60. The van der Waals surface area contributed by atoms with Crippen molar-refractivity contribution < 1.29 is 4.74 Å². The second-order valence-electron chi connectivity index (χ2n) is 9.43. The number of fused-ring (bicyclic) bond motifs is 3. The number of benzene rings is 3. The van der Waals surface area contributed by atoms with Crippen molar-refractivity contribution in [3.8, 4) is 0 Å². The molecule has 3 aliphatic rings. The van der Waals surface area contributed by atoms with E-state index in [0.29, 0.717) is 24.5 Å². The van der Waals surface area contributed by atoms with E-state index in [2.05, 4.69) is 97.6 Å². The minimum atomic E-state index is 0.258. The molecule has 160 valence electrons. The standard InChI is InChI=1S/C29H33NO/c1-21-17-22(2)19-23(18-21)20-31-29-26-13-15-30(16-14-26)28(29)27(24-9-5-3-6-10-24)25-11-7-4-8-12-25/h3-12,17-19,26-29H,13-16,20H2,1-2H3/t28-,29+/m1/s1. The van der Waals surface area contributed by atoms with Gasteiger partial charge in [0.1, 0.15) is 0 Å². The first-order valence-electron chi connectivity index (χ1n) is 11.7. The van der Waals surface area contributed by atoms with Gasteiger partial charge in [0.15, 0.2) is 0 Å². The van der Waals surface area contributed by atoms with Gasteiger partial charge in [-0.05, 0) is 62.4 Å². The van der Waals surface area contributed by atoms with Crippen LogP contribution >= 0.6 is 0 Å². The summed E-state index contributed by atoms with van der Waals surface area (Å²) >= 11 is 0. The zero-order valence-corrected chi connectivity index (χ0v) is 18.7. The number of hydrogen-bond acceptors (Lipinski definition) is 2. The number of nitrogens with zero attached hydrogens (tertiary/aromatic N) is 1. The summed E-state index contributed by atoms with van der Waals surface area (Å²) in [6.07, 6.45) is 2.77. The highest BCUT2D eigenvalue weighted by molar-refractivity contribution is 5.36. The predicted octanol–water partition coefficient (Wildman–Crippen LogP) is 6.11. The van der Waals surface area contributed by atoms with Crippen LogP contribution in [0.4, 0.5) is 0 Å². The SMILES string of the molecule is Cc1cc(C)cc(CO[C@H]2[C@H]3CC[N@@](CC3)[C@@H]2C(c2ccccc2)c2ccccc2)c1. The molecule has 0 unspecified atom stereocenters. The van der Waals surface area contributed by atoms with E-state index >= 15 is 0 Å². The molecule has 3 aromatic carbocycles. The van der Waals surface area contributed by atoms with E-state index in [1.165, 1.54) is 53.7 Å². The van der Waals surface area contributed by atoms with Crippen LogP contribution in [-0.2, 0) is 11.3 Å². The van der Waals surface area contributed by atoms with Gasteiger partial charge in [-0.3, -0.25) is 4.90 Å². The molecule has 2 heteroatoms. The van der Waals surface area contributed by atoms with Crippen LogP contribution < -0.4 is 0 Å². The number of piperidine rings is 3. The summed E-state index contributed by atoms with van der Waals surface area (Å²) in [7, 11) is 0. The third kappa shape index (κ3) is 4.33. The van der Waals surface area contributed by atoms with Crippen molar-refractivity contribution in [3.05, 3.63) is 107 Å². The molecule has 3 aliphatic heterocycles. The Bertz CT molecular complexity index is 932. The molecular formula is C29H33NO. The molecule has 31 heavy (non-hydrogen) atoms. The van der Waals surface area contributed by atoms with Crippen molar-refractivity contribution in [2.75, 3.05) is 13.1 Å². The first-order chi connectivity index (χ1) is 15.2. The normalized spacial score (nSPS) is 25.1. The van der Waals surface area contributed by atoms with Gasteiger partial charge < -0.3 is 4.74 Å². The van der Waals surface area contributed by atoms with E-state index < -0.39 is 0 Å². The zero-order valence-electron chi connectivity index (χ0n) is 18.7. The van der Waals surface area contributed by atoms with Gasteiger partial charge in [-0.1, -0.05) is 90.0 Å². The maximum atomic E-state index is 6.81. The Balaban J connectivity index is 1.49. The maximum absolute atomic E-state index is 6.81. The number of ether oxygens (including phenoxy) is 1. The van der Waals surface area contributed by atoms with Gasteiger partial charge in [0.2, 0.25) is 0 Å². The van der Waals surface area contributed by atoms with Gasteiger partial charge in [0, 0.05) is 12.0 Å². The van der Waals surface area contributed by atoms with Gasteiger partial charge in [0.05, 0.1) is 12.7 Å². The molecular weight excluding hydrogens is 378 g/mol. The summed E-state index contributed by atoms with van der Waals surface area (Å²) < 4.78 is 6.81. The van der Waals surface area contributed by atoms with E-state index in [1.807, 2.05) is 0 Å². The first-order valence-corrected chi connectivity index (χ1v) is 11.7. The van der Waals surface area contributed by atoms with Gasteiger partial charge in [-0.25, -0.2) is 0 Å². The summed E-state index contributed by atoms with van der Waals surface area (Å²) in [5.41, 5.74) is 6.71. The highest BCUT2D eigenvalue weighted by Crippen LogP contribution is 2.43. The average molecular weight is 412 g/mol. The molecule has 6 rings (SSSR count). The van der Waals surface area contributed by atoms with E-state index in [-0.39, 0.29) is 6.10 Å². The summed E-state index contributed by atoms with van der Waals surface area (Å²) in [6.45, 7) is 7.43. The second-order valence-corrected chi connectivity index (χ2v) is 9.43. The van der Waals surface area contributed by atoms with Gasteiger partial charge in [-0.15, -0.1) is 0 Å². The molecule has 3 fully saturated rings. The molecule has 2 atom stereocenters. The Morgan fingerprint density at radius 2 is 1.35 bits per heavy atom. The Hall–Kier alpha value is -2.42. The first kappa shape index (κ1) is 20.5. The van der Waals surface area contributed by atoms with Crippen molar-refractivity contribution in [1.82, 2.24) is 4.90 Å². The summed E-state index contributed by atoms with van der Waals surface area (Å²) in [6, 6.07) is 29.3. The minimum Gasteiger partial charge on any atom is -0.372 e. The van der Waals surface area contributed by atoms with Crippen molar-refractivity contribution in [1.29, 1.82) is 0 Å². The Morgan fingerprint density at radius 1 is 0.806 bits per heavy atom. The molecule has 3 aromatic rings. The monoisotopic (exact) mass is 411 g/mol. The van der Waals surface area contributed by atoms with Crippen LogP contribution in [0, 0.1) is 19.8 Å². The van der Waals surface area contributed by atoms with Crippen molar-refractivity contribution in [3.63, 3.8) is 0 Å². The van der Waals surface area contributed by atoms with E-state index in [9.17, 15) is 0 Å². The largest absolute Gasteiger partial charge is 0.372 e.